The van der Waals surface area contributed by atoms with Gasteiger partial charge in [0, 0.05) is 0 Å². The third-order valence-electron chi connectivity index (χ3n) is 4.90. The van der Waals surface area contributed by atoms with E-state index in [1.54, 1.807) is 28.2 Å². The zero-order chi connectivity index (χ0) is 27.6. The van der Waals surface area contributed by atoms with Gasteiger partial charge in [0.15, 0.2) is 0 Å². The molecule has 0 atom stereocenters. The molecule has 0 rings (SSSR count). The van der Waals surface area contributed by atoms with Crippen LogP contribution in [0.5, 0.6) is 0 Å². The molecule has 200 valence electrons. The van der Waals surface area contributed by atoms with Crippen LogP contribution in [-0.4, -0.2) is 86.3 Å². The van der Waals surface area contributed by atoms with Crippen molar-refractivity contribution in [2.24, 2.45) is 0 Å². The molecular weight excluding hydrogens is 482 g/mol. The van der Waals surface area contributed by atoms with Gasteiger partial charge in [-0.05, 0) is 48.8 Å². The SMILES string of the molecule is CN(C)P(=[N-])(C(C)(C)C)C(C)(C)C.CN(C)P(=[N-])(C(C)(C)C)C(C)(C)C.C[N-]C.C[N-]C.[Ti+4]. The second-order valence-corrected chi connectivity index (χ2v) is 21.8. The van der Waals surface area contributed by atoms with Crippen molar-refractivity contribution < 1.29 is 21.7 Å². The normalized spacial score (nSPS) is 13.0. The van der Waals surface area contributed by atoms with Gasteiger partial charge in [0.05, 0.1) is 0 Å². The summed E-state index contributed by atoms with van der Waals surface area (Å²) in [6, 6.07) is 0. The van der Waals surface area contributed by atoms with Crippen molar-refractivity contribution >= 4 is 14.4 Å². The van der Waals surface area contributed by atoms with E-state index in [9.17, 15) is 10.3 Å². The summed E-state index contributed by atoms with van der Waals surface area (Å²) >= 11 is 0. The second-order valence-electron chi connectivity index (χ2n) is 12.5. The van der Waals surface area contributed by atoms with Gasteiger partial charge in [-0.3, -0.25) is 0 Å². The molecule has 0 spiro atoms. The Morgan fingerprint density at radius 1 is 0.455 bits per heavy atom. The molecule has 0 aromatic heterocycles. The molecule has 0 fully saturated rings. The van der Waals surface area contributed by atoms with Gasteiger partial charge in [0.25, 0.3) is 0 Å². The molecule has 0 unspecified atom stereocenters. The fraction of sp³-hybridized carbons (Fsp3) is 1.00. The van der Waals surface area contributed by atoms with E-state index in [1.807, 2.05) is 37.5 Å². The molecule has 9 heteroatoms. The predicted molar refractivity (Wildman–Crippen MR) is 157 cm³/mol. The van der Waals surface area contributed by atoms with E-state index in [2.05, 4.69) is 93.7 Å². The number of hydrogen-bond donors (Lipinski definition) is 0. The van der Waals surface area contributed by atoms with E-state index in [1.165, 1.54) is 0 Å². The van der Waals surface area contributed by atoms with Gasteiger partial charge in [-0.1, -0.05) is 83.1 Å². The third kappa shape index (κ3) is 13.2. The van der Waals surface area contributed by atoms with E-state index in [-0.39, 0.29) is 42.3 Å². The first kappa shape index (κ1) is 44.0. The zero-order valence-electron chi connectivity index (χ0n) is 26.1. The smallest absolute Gasteiger partial charge is 0.795 e. The summed E-state index contributed by atoms with van der Waals surface area (Å²) in [5, 5.41) is 28.4. The Morgan fingerprint density at radius 3 is 0.545 bits per heavy atom. The van der Waals surface area contributed by atoms with Crippen LogP contribution in [-0.2, 0) is 21.7 Å². The van der Waals surface area contributed by atoms with Crippen molar-refractivity contribution in [1.29, 1.82) is 0 Å². The van der Waals surface area contributed by atoms with Gasteiger partial charge in [-0.2, -0.15) is 42.6 Å². The summed E-state index contributed by atoms with van der Waals surface area (Å²) < 4.78 is 4.04. The van der Waals surface area contributed by atoms with Crippen LogP contribution in [0.25, 0.3) is 21.0 Å². The van der Waals surface area contributed by atoms with Crippen LogP contribution in [0.1, 0.15) is 83.1 Å². The Bertz CT molecular complexity index is 490. The summed E-state index contributed by atoms with van der Waals surface area (Å²) in [5.74, 6) is 0. The molecule has 0 radical (unpaired) electrons. The Morgan fingerprint density at radius 2 is 0.545 bits per heavy atom. The predicted octanol–water partition coefficient (Wildman–Crippen LogP) is 8.90. The van der Waals surface area contributed by atoms with Crippen LogP contribution in [0.2, 0.25) is 0 Å². The molecule has 0 saturated carbocycles. The van der Waals surface area contributed by atoms with Crippen LogP contribution >= 0.6 is 14.4 Å². The largest absolute Gasteiger partial charge is 4.00 e. The maximum atomic E-state index is 10.8. The molecule has 0 saturated heterocycles. The first-order chi connectivity index (χ1) is 13.7. The first-order valence-electron chi connectivity index (χ1n) is 11.3. The molecule has 0 heterocycles. The minimum Gasteiger partial charge on any atom is -0.795 e. The molecule has 0 aliphatic heterocycles. The van der Waals surface area contributed by atoms with Crippen LogP contribution in [0.3, 0.4) is 0 Å². The van der Waals surface area contributed by atoms with Crippen LogP contribution in [0.4, 0.5) is 0 Å². The van der Waals surface area contributed by atoms with Gasteiger partial charge in [-0.25, -0.2) is 0 Å². The quantitative estimate of drug-likeness (QED) is 0.258. The Labute approximate surface area is 225 Å². The molecule has 0 N–H and O–H groups in total. The zero-order valence-corrected chi connectivity index (χ0v) is 29.4. The van der Waals surface area contributed by atoms with Gasteiger partial charge >= 0.3 is 21.7 Å². The molecular formula is C24H60N6P2Ti. The summed E-state index contributed by atoms with van der Waals surface area (Å²) in [5.41, 5.74) is 0. The summed E-state index contributed by atoms with van der Waals surface area (Å²) in [4.78, 5) is 0. The fourth-order valence-corrected chi connectivity index (χ4v) is 13.2. The molecule has 0 amide bonds. The molecule has 0 aliphatic rings. The molecule has 0 aliphatic carbocycles. The van der Waals surface area contributed by atoms with Crippen molar-refractivity contribution in [3.8, 4) is 0 Å². The Balaban J connectivity index is -0.000000124. The minimum absolute atomic E-state index is 0. The molecule has 0 aromatic rings. The van der Waals surface area contributed by atoms with E-state index >= 15 is 0 Å². The van der Waals surface area contributed by atoms with Crippen LogP contribution < -0.4 is 0 Å². The van der Waals surface area contributed by atoms with Gasteiger partial charge in [-0.15, -0.1) is 0 Å². The number of rotatable bonds is 2. The average Bonchev–Trinajstić information content (AvgIpc) is 2.50. The van der Waals surface area contributed by atoms with Gasteiger partial charge in [0.1, 0.15) is 0 Å². The van der Waals surface area contributed by atoms with E-state index in [0.717, 1.165) is 0 Å². The second kappa shape index (κ2) is 16.7. The Kier molecular flexibility index (Phi) is 22.3. The van der Waals surface area contributed by atoms with Crippen molar-refractivity contribution in [2.75, 3.05) is 56.4 Å². The third-order valence-corrected chi connectivity index (χ3v) is 14.7. The maximum Gasteiger partial charge on any atom is 4.00 e. The Hall–Kier alpha value is 1.01. The summed E-state index contributed by atoms with van der Waals surface area (Å²) in [6.45, 7) is 25.4. The van der Waals surface area contributed by atoms with Gasteiger partial charge in [0.2, 0.25) is 0 Å². The maximum absolute atomic E-state index is 10.8. The number of hydrogen-bond acceptors (Lipinski definition) is 0. The van der Waals surface area contributed by atoms with Crippen molar-refractivity contribution in [1.82, 2.24) is 9.34 Å². The van der Waals surface area contributed by atoms with Crippen LogP contribution in [0, 0.1) is 0 Å². The number of nitrogens with zero attached hydrogens (tertiary/aromatic N) is 6. The minimum atomic E-state index is -2.08. The summed E-state index contributed by atoms with van der Waals surface area (Å²) in [7, 11) is 10.8. The van der Waals surface area contributed by atoms with Crippen molar-refractivity contribution in [3.63, 3.8) is 0 Å². The fourth-order valence-electron chi connectivity index (χ4n) is 4.41. The van der Waals surface area contributed by atoms with Crippen molar-refractivity contribution in [3.05, 3.63) is 21.0 Å². The molecule has 6 nitrogen and oxygen atoms in total. The van der Waals surface area contributed by atoms with Crippen LogP contribution in [0.15, 0.2) is 0 Å². The topological polar surface area (TPSA) is 79.3 Å². The van der Waals surface area contributed by atoms with E-state index in [0.29, 0.717) is 0 Å². The average molecular weight is 543 g/mol. The van der Waals surface area contributed by atoms with E-state index in [4.69, 9.17) is 0 Å². The van der Waals surface area contributed by atoms with E-state index < -0.39 is 14.4 Å². The molecule has 0 aromatic carbocycles. The monoisotopic (exact) mass is 542 g/mol. The molecule has 33 heavy (non-hydrogen) atoms. The van der Waals surface area contributed by atoms with Crippen molar-refractivity contribution in [2.45, 2.75) is 104 Å². The molecule has 0 bridgehead atoms. The summed E-state index contributed by atoms with van der Waals surface area (Å²) in [6.07, 6.45) is 0. The van der Waals surface area contributed by atoms with Gasteiger partial charge < -0.3 is 30.3 Å². The first-order valence-corrected chi connectivity index (χ1v) is 14.7. The standard InChI is InChI=1S/2C10H24N2P.2C2H6N.Ti/c2*1-9(2,3)13(11,12(7)8)10(4,5)6;2*1-3-2;/h2*1-8H3;2*1-2H3;/q4*-1;+4.